The topological polar surface area (TPSA) is 32.3 Å². The smallest absolute Gasteiger partial charge is 0.251 e. The summed E-state index contributed by atoms with van der Waals surface area (Å²) in [6.07, 6.45) is 2.33. The van der Waals surface area contributed by atoms with Gasteiger partial charge in [-0.05, 0) is 49.4 Å². The minimum Gasteiger partial charge on any atom is -0.352 e. The largest absolute Gasteiger partial charge is 0.352 e. The van der Waals surface area contributed by atoms with Crippen molar-refractivity contribution in [1.82, 2.24) is 10.2 Å². The number of halogens is 1. The van der Waals surface area contributed by atoms with E-state index in [9.17, 15) is 4.79 Å². The molecule has 2 unspecified atom stereocenters. The van der Waals surface area contributed by atoms with Crippen LogP contribution in [0, 0.1) is 11.8 Å². The molecule has 3 nitrogen and oxygen atoms in total. The van der Waals surface area contributed by atoms with Crippen LogP contribution in [0.25, 0.3) is 0 Å². The van der Waals surface area contributed by atoms with Gasteiger partial charge in [0.2, 0.25) is 0 Å². The Labute approximate surface area is 132 Å². The van der Waals surface area contributed by atoms with Crippen molar-refractivity contribution in [3.8, 4) is 0 Å². The molecule has 1 fully saturated rings. The van der Waals surface area contributed by atoms with Gasteiger partial charge >= 0.3 is 0 Å². The second-order valence-electron chi connectivity index (χ2n) is 6.33. The van der Waals surface area contributed by atoms with Gasteiger partial charge in [0.1, 0.15) is 0 Å². The van der Waals surface area contributed by atoms with Crippen LogP contribution in [0.4, 0.5) is 0 Å². The van der Waals surface area contributed by atoms with Crippen LogP contribution in [0.1, 0.15) is 37.0 Å². The first-order valence-corrected chi connectivity index (χ1v) is 8.18. The van der Waals surface area contributed by atoms with Gasteiger partial charge in [-0.1, -0.05) is 31.5 Å². The zero-order valence-electron chi connectivity index (χ0n) is 12.9. The number of hydrogen-bond donors (Lipinski definition) is 1. The molecule has 1 aromatic rings. The van der Waals surface area contributed by atoms with Crippen molar-refractivity contribution in [3.05, 3.63) is 34.9 Å². The summed E-state index contributed by atoms with van der Waals surface area (Å²) < 4.78 is 0. The normalized spacial score (nSPS) is 23.0. The Morgan fingerprint density at radius 3 is 2.71 bits per heavy atom. The highest BCUT2D eigenvalue weighted by Gasteiger charge is 2.21. The zero-order chi connectivity index (χ0) is 15.2. The summed E-state index contributed by atoms with van der Waals surface area (Å²) in [4.78, 5) is 14.5. The Kier molecular flexibility index (Phi) is 6.07. The lowest BCUT2D eigenvalue weighted by Gasteiger charge is -2.34. The molecule has 0 radical (unpaired) electrons. The molecule has 1 N–H and O–H groups in total. The Morgan fingerprint density at radius 1 is 1.33 bits per heavy atom. The molecule has 0 saturated carbocycles. The maximum atomic E-state index is 12.0. The summed E-state index contributed by atoms with van der Waals surface area (Å²) in [5.41, 5.74) is 0.628. The molecule has 0 aromatic heterocycles. The average molecular weight is 309 g/mol. The van der Waals surface area contributed by atoms with Crippen molar-refractivity contribution in [2.75, 3.05) is 26.2 Å². The van der Waals surface area contributed by atoms with Crippen LogP contribution in [-0.2, 0) is 0 Å². The second-order valence-corrected chi connectivity index (χ2v) is 6.76. The average Bonchev–Trinajstić information content (AvgIpc) is 2.42. The molecule has 0 spiro atoms. The number of likely N-dealkylation sites (tertiary alicyclic amines) is 1. The quantitative estimate of drug-likeness (QED) is 0.845. The van der Waals surface area contributed by atoms with Crippen LogP contribution in [0.2, 0.25) is 5.02 Å². The van der Waals surface area contributed by atoms with Crippen molar-refractivity contribution in [2.45, 2.75) is 26.7 Å². The van der Waals surface area contributed by atoms with Gasteiger partial charge in [0, 0.05) is 30.2 Å². The molecule has 21 heavy (non-hydrogen) atoms. The zero-order valence-corrected chi connectivity index (χ0v) is 13.7. The molecule has 1 aliphatic heterocycles. The molecular formula is C17H25ClN2O. The van der Waals surface area contributed by atoms with E-state index in [0.717, 1.165) is 24.8 Å². The third kappa shape index (κ3) is 5.33. The molecule has 1 amide bonds. The first-order valence-electron chi connectivity index (χ1n) is 7.80. The molecular weight excluding hydrogens is 284 g/mol. The van der Waals surface area contributed by atoms with Crippen molar-refractivity contribution in [3.63, 3.8) is 0 Å². The first kappa shape index (κ1) is 16.3. The highest BCUT2D eigenvalue weighted by Crippen LogP contribution is 2.20. The van der Waals surface area contributed by atoms with Crippen molar-refractivity contribution in [2.24, 2.45) is 11.8 Å². The van der Waals surface area contributed by atoms with E-state index in [-0.39, 0.29) is 5.91 Å². The van der Waals surface area contributed by atoms with Crippen molar-refractivity contribution >= 4 is 17.5 Å². The molecule has 116 valence electrons. The Bertz CT molecular complexity index is 468. The molecule has 1 heterocycles. The second kappa shape index (κ2) is 7.81. The van der Waals surface area contributed by atoms with E-state index in [1.807, 2.05) is 0 Å². The van der Waals surface area contributed by atoms with Gasteiger partial charge in [-0.3, -0.25) is 4.79 Å². The van der Waals surface area contributed by atoms with Crippen LogP contribution in [0.5, 0.6) is 0 Å². The van der Waals surface area contributed by atoms with Gasteiger partial charge in [0.15, 0.2) is 0 Å². The predicted octanol–water partition coefficient (Wildman–Crippen LogP) is 3.44. The van der Waals surface area contributed by atoms with Gasteiger partial charge in [-0.15, -0.1) is 0 Å². The molecule has 4 heteroatoms. The van der Waals surface area contributed by atoms with E-state index in [0.29, 0.717) is 17.1 Å². The summed E-state index contributed by atoms with van der Waals surface area (Å²) in [5.74, 6) is 1.53. The van der Waals surface area contributed by atoms with E-state index >= 15 is 0 Å². The van der Waals surface area contributed by atoms with Gasteiger partial charge in [-0.25, -0.2) is 0 Å². The van der Waals surface area contributed by atoms with Crippen molar-refractivity contribution in [1.29, 1.82) is 0 Å². The van der Waals surface area contributed by atoms with E-state index in [1.54, 1.807) is 24.3 Å². The SMILES string of the molecule is CC1CC(C)CN(CCCNC(=O)c2cccc(Cl)c2)C1. The Hall–Kier alpha value is -1.06. The van der Waals surface area contributed by atoms with E-state index < -0.39 is 0 Å². The Balaban J connectivity index is 1.69. The Morgan fingerprint density at radius 2 is 2.05 bits per heavy atom. The summed E-state index contributed by atoms with van der Waals surface area (Å²) >= 11 is 5.89. The number of hydrogen-bond acceptors (Lipinski definition) is 2. The molecule has 1 saturated heterocycles. The van der Waals surface area contributed by atoms with E-state index in [1.165, 1.54) is 19.5 Å². The molecule has 0 aliphatic carbocycles. The predicted molar refractivity (Wildman–Crippen MR) is 87.8 cm³/mol. The van der Waals surface area contributed by atoms with Crippen LogP contribution >= 0.6 is 11.6 Å². The fourth-order valence-electron chi connectivity index (χ4n) is 3.21. The maximum absolute atomic E-state index is 12.0. The molecule has 1 aromatic carbocycles. The van der Waals surface area contributed by atoms with Crippen LogP contribution in [0.15, 0.2) is 24.3 Å². The monoisotopic (exact) mass is 308 g/mol. The fourth-order valence-corrected chi connectivity index (χ4v) is 3.40. The molecule has 0 bridgehead atoms. The van der Waals surface area contributed by atoms with Crippen LogP contribution in [0.3, 0.4) is 0 Å². The number of piperidine rings is 1. The van der Waals surface area contributed by atoms with Gasteiger partial charge in [0.05, 0.1) is 0 Å². The summed E-state index contributed by atoms with van der Waals surface area (Å²) in [7, 11) is 0. The number of nitrogens with zero attached hydrogens (tertiary/aromatic N) is 1. The number of benzene rings is 1. The minimum atomic E-state index is -0.0436. The lowest BCUT2D eigenvalue weighted by atomic mass is 9.92. The number of nitrogens with one attached hydrogen (secondary N) is 1. The third-order valence-electron chi connectivity index (χ3n) is 3.97. The third-order valence-corrected chi connectivity index (χ3v) is 4.20. The highest BCUT2D eigenvalue weighted by atomic mass is 35.5. The van der Waals surface area contributed by atoms with E-state index in [2.05, 4.69) is 24.1 Å². The summed E-state index contributed by atoms with van der Waals surface area (Å²) in [6.45, 7) is 8.79. The molecule has 1 aliphatic rings. The maximum Gasteiger partial charge on any atom is 0.251 e. The fraction of sp³-hybridized carbons (Fsp3) is 0.588. The van der Waals surface area contributed by atoms with Crippen LogP contribution < -0.4 is 5.32 Å². The van der Waals surface area contributed by atoms with Crippen molar-refractivity contribution < 1.29 is 4.79 Å². The number of rotatable bonds is 5. The number of amides is 1. The highest BCUT2D eigenvalue weighted by molar-refractivity contribution is 6.30. The molecule has 2 rings (SSSR count). The molecule has 2 atom stereocenters. The lowest BCUT2D eigenvalue weighted by molar-refractivity contribution is 0.0947. The van der Waals surface area contributed by atoms with Gasteiger partial charge in [0.25, 0.3) is 5.91 Å². The number of carbonyl (C=O) groups excluding carboxylic acids is 1. The lowest BCUT2D eigenvalue weighted by Crippen LogP contribution is -2.40. The van der Waals surface area contributed by atoms with Gasteiger partial charge in [-0.2, -0.15) is 0 Å². The minimum absolute atomic E-state index is 0.0436. The number of carbonyl (C=O) groups is 1. The standard InChI is InChI=1S/C17H25ClN2O/c1-13-9-14(2)12-20(11-13)8-4-7-19-17(21)15-5-3-6-16(18)10-15/h3,5-6,10,13-14H,4,7-9,11-12H2,1-2H3,(H,19,21). The first-order chi connectivity index (χ1) is 10.0. The van der Waals surface area contributed by atoms with Gasteiger partial charge < -0.3 is 10.2 Å². The van der Waals surface area contributed by atoms with Crippen LogP contribution in [-0.4, -0.2) is 37.0 Å². The van der Waals surface area contributed by atoms with E-state index in [4.69, 9.17) is 11.6 Å². The summed E-state index contributed by atoms with van der Waals surface area (Å²) in [5, 5.41) is 3.56. The summed E-state index contributed by atoms with van der Waals surface area (Å²) in [6, 6.07) is 7.06.